The van der Waals surface area contributed by atoms with Crippen molar-refractivity contribution in [2.45, 2.75) is 44.0 Å². The van der Waals surface area contributed by atoms with Crippen molar-refractivity contribution in [1.29, 1.82) is 0 Å². The van der Waals surface area contributed by atoms with Crippen LogP contribution in [0.4, 0.5) is 11.4 Å². The summed E-state index contributed by atoms with van der Waals surface area (Å²) in [6.07, 6.45) is 0. The lowest BCUT2D eigenvalue weighted by atomic mass is 10.1. The van der Waals surface area contributed by atoms with Gasteiger partial charge in [-0.15, -0.1) is 0 Å². The van der Waals surface area contributed by atoms with Crippen molar-refractivity contribution in [1.82, 2.24) is 4.31 Å². The fourth-order valence-corrected chi connectivity index (χ4v) is 5.62. The second kappa shape index (κ2) is 11.9. The summed E-state index contributed by atoms with van der Waals surface area (Å²) >= 11 is 0. The number of nitrogens with two attached hydrogens (primary N) is 2. The molecule has 0 saturated carbocycles. The van der Waals surface area contributed by atoms with Crippen LogP contribution in [-0.2, 0) is 26.6 Å². The van der Waals surface area contributed by atoms with Crippen LogP contribution in [0.25, 0.3) is 0 Å². The average Bonchev–Trinajstić information content (AvgIpc) is 2.80. The minimum absolute atomic E-state index is 0.315. The third kappa shape index (κ3) is 7.07. The van der Waals surface area contributed by atoms with Gasteiger partial charge in [0.15, 0.2) is 0 Å². The van der Waals surface area contributed by atoms with E-state index in [1.54, 1.807) is 19.1 Å². The molecule has 0 aliphatic heterocycles. The monoisotopic (exact) mass is 532 g/mol. The van der Waals surface area contributed by atoms with Gasteiger partial charge in [0.1, 0.15) is 0 Å². The molecule has 0 aliphatic carbocycles. The van der Waals surface area contributed by atoms with E-state index in [9.17, 15) is 16.8 Å². The van der Waals surface area contributed by atoms with Crippen molar-refractivity contribution in [2.24, 2.45) is 5.14 Å². The molecule has 0 fully saturated rings. The van der Waals surface area contributed by atoms with Crippen LogP contribution in [0.15, 0.2) is 70.5 Å². The number of hydrogen-bond donors (Lipinski definition) is 2. The molecule has 0 atom stereocenters. The molecule has 196 valence electrons. The van der Waals surface area contributed by atoms with Gasteiger partial charge in [-0.25, -0.2) is 13.6 Å². The van der Waals surface area contributed by atoms with Gasteiger partial charge in [0.2, 0.25) is 9.84 Å². The molecule has 0 unspecified atom stereocenters. The predicted molar refractivity (Wildman–Crippen MR) is 147 cm³/mol. The Morgan fingerprint density at radius 1 is 0.806 bits per heavy atom. The smallest absolute Gasteiger partial charge is 0.276 e. The molecule has 4 N–H and O–H groups in total. The van der Waals surface area contributed by atoms with Crippen LogP contribution in [0.2, 0.25) is 0 Å². The number of rotatable bonds is 7. The molecule has 0 bridgehead atoms. The van der Waals surface area contributed by atoms with Crippen LogP contribution < -0.4 is 15.8 Å². The molecule has 8 nitrogen and oxygen atoms in total. The summed E-state index contributed by atoms with van der Waals surface area (Å²) in [6, 6.07) is 19.2. The summed E-state index contributed by atoms with van der Waals surface area (Å²) in [5.41, 5.74) is 10.6. The largest absolute Gasteiger partial charge is 0.399 e. The number of hydrogen-bond acceptors (Lipinski definition) is 6. The SMILES string of the molecule is CCN(Cc1ccccc1)c1cccc(C)c1S(=O)(=O)c1cc(C)c(N)cc1C.CN(C)S(N)(=O)=O. The zero-order chi connectivity index (χ0) is 27.3. The third-order valence-electron chi connectivity index (χ3n) is 5.76. The van der Waals surface area contributed by atoms with Gasteiger partial charge in [-0.3, -0.25) is 0 Å². The lowest BCUT2D eigenvalue weighted by molar-refractivity contribution is 0.522. The van der Waals surface area contributed by atoms with Gasteiger partial charge in [-0.2, -0.15) is 12.7 Å². The molecule has 0 spiro atoms. The summed E-state index contributed by atoms with van der Waals surface area (Å²) in [6.45, 7) is 8.86. The second-order valence-corrected chi connectivity index (χ2v) is 12.3. The quantitative estimate of drug-likeness (QED) is 0.446. The minimum atomic E-state index is -3.71. The van der Waals surface area contributed by atoms with Gasteiger partial charge >= 0.3 is 0 Å². The maximum Gasteiger partial charge on any atom is 0.276 e. The Morgan fingerprint density at radius 2 is 1.39 bits per heavy atom. The standard InChI is InChI=1S/C24H28N2O2S.C2H8N2O2S/c1-5-26(16-20-11-7-6-8-12-20)22-13-9-10-17(2)24(22)29(27,28)23-15-18(3)21(25)14-19(23)4;1-4(2)7(3,5)6/h6-15H,5,16,25H2,1-4H3;1-2H3,(H2,3,5,6). The Kier molecular flexibility index (Phi) is 9.67. The Balaban J connectivity index is 0.000000572. The summed E-state index contributed by atoms with van der Waals surface area (Å²) in [5, 5.41) is 4.58. The van der Waals surface area contributed by atoms with Crippen molar-refractivity contribution in [3.05, 3.63) is 82.9 Å². The first-order valence-electron chi connectivity index (χ1n) is 11.4. The van der Waals surface area contributed by atoms with Gasteiger partial charge in [0, 0.05) is 32.9 Å². The van der Waals surface area contributed by atoms with Crippen LogP contribution in [-0.4, -0.2) is 41.8 Å². The van der Waals surface area contributed by atoms with E-state index in [-0.39, 0.29) is 0 Å². The molecule has 0 heterocycles. The number of aryl methyl sites for hydroxylation is 3. The molecule has 36 heavy (non-hydrogen) atoms. The molecular weight excluding hydrogens is 496 g/mol. The van der Waals surface area contributed by atoms with Gasteiger partial charge in [0.05, 0.1) is 15.5 Å². The number of nitrogen functional groups attached to an aromatic ring is 1. The maximum absolute atomic E-state index is 13.8. The average molecular weight is 533 g/mol. The summed E-state index contributed by atoms with van der Waals surface area (Å²) in [7, 11) is -4.38. The third-order valence-corrected chi connectivity index (χ3v) is 8.87. The molecule has 3 aromatic rings. The molecule has 0 amide bonds. The van der Waals surface area contributed by atoms with E-state index in [1.807, 2.05) is 57.2 Å². The number of nitrogens with zero attached hydrogens (tertiary/aromatic N) is 2. The van der Waals surface area contributed by atoms with E-state index in [2.05, 4.69) is 22.2 Å². The highest BCUT2D eigenvalue weighted by Crippen LogP contribution is 2.36. The highest BCUT2D eigenvalue weighted by molar-refractivity contribution is 7.91. The first-order chi connectivity index (χ1) is 16.7. The van der Waals surface area contributed by atoms with E-state index in [4.69, 9.17) is 5.73 Å². The van der Waals surface area contributed by atoms with Crippen LogP contribution in [0.1, 0.15) is 29.2 Å². The van der Waals surface area contributed by atoms with E-state index >= 15 is 0 Å². The molecule has 3 rings (SSSR count). The Hall–Kier alpha value is -2.92. The molecule has 0 aromatic heterocycles. The van der Waals surface area contributed by atoms with Crippen LogP contribution >= 0.6 is 0 Å². The Bertz CT molecular complexity index is 1410. The Morgan fingerprint density at radius 3 is 1.92 bits per heavy atom. The van der Waals surface area contributed by atoms with Gasteiger partial charge in [-0.1, -0.05) is 42.5 Å². The predicted octanol–water partition coefficient (Wildman–Crippen LogP) is 3.80. The molecule has 3 aromatic carbocycles. The number of benzene rings is 3. The van der Waals surface area contributed by atoms with Crippen molar-refractivity contribution < 1.29 is 16.8 Å². The fourth-order valence-electron chi connectivity index (χ4n) is 3.62. The lowest BCUT2D eigenvalue weighted by Gasteiger charge is -2.27. The normalized spacial score (nSPS) is 11.7. The first kappa shape index (κ1) is 29.3. The highest BCUT2D eigenvalue weighted by atomic mass is 32.2. The molecular formula is C26H36N4O4S2. The van der Waals surface area contributed by atoms with E-state index in [1.165, 1.54) is 14.1 Å². The second-order valence-electron chi connectivity index (χ2n) is 8.73. The van der Waals surface area contributed by atoms with Crippen molar-refractivity contribution in [3.8, 4) is 0 Å². The maximum atomic E-state index is 13.8. The van der Waals surface area contributed by atoms with E-state index < -0.39 is 20.0 Å². The van der Waals surface area contributed by atoms with Crippen LogP contribution in [0, 0.1) is 20.8 Å². The highest BCUT2D eigenvalue weighted by Gasteiger charge is 2.27. The van der Waals surface area contributed by atoms with E-state index in [0.29, 0.717) is 34.1 Å². The van der Waals surface area contributed by atoms with Crippen molar-refractivity contribution in [3.63, 3.8) is 0 Å². The lowest BCUT2D eigenvalue weighted by Crippen LogP contribution is -2.29. The first-order valence-corrected chi connectivity index (χ1v) is 14.4. The van der Waals surface area contributed by atoms with Crippen molar-refractivity contribution >= 4 is 31.4 Å². The fraction of sp³-hybridized carbons (Fsp3) is 0.308. The van der Waals surface area contributed by atoms with E-state index in [0.717, 1.165) is 26.7 Å². The van der Waals surface area contributed by atoms with Crippen molar-refractivity contribution in [2.75, 3.05) is 31.3 Å². The molecule has 0 aliphatic rings. The Labute approximate surface area is 215 Å². The van der Waals surface area contributed by atoms with Gasteiger partial charge < -0.3 is 10.6 Å². The molecule has 0 saturated heterocycles. The summed E-state index contributed by atoms with van der Waals surface area (Å²) < 4.78 is 48.5. The zero-order valence-corrected chi connectivity index (χ0v) is 23.3. The summed E-state index contributed by atoms with van der Waals surface area (Å²) in [5.74, 6) is 0. The van der Waals surface area contributed by atoms with Gasteiger partial charge in [-0.05, 0) is 68.1 Å². The topological polar surface area (TPSA) is 127 Å². The number of anilines is 2. The zero-order valence-electron chi connectivity index (χ0n) is 21.7. The van der Waals surface area contributed by atoms with Gasteiger partial charge in [0.25, 0.3) is 10.2 Å². The minimum Gasteiger partial charge on any atom is -0.399 e. The van der Waals surface area contributed by atoms with Crippen LogP contribution in [0.5, 0.6) is 0 Å². The molecule has 10 heteroatoms. The number of sulfone groups is 1. The summed E-state index contributed by atoms with van der Waals surface area (Å²) in [4.78, 5) is 2.79. The molecule has 0 radical (unpaired) electrons. The van der Waals surface area contributed by atoms with Crippen LogP contribution in [0.3, 0.4) is 0 Å².